The Labute approximate surface area is 125 Å². The number of hydrogen-bond acceptors (Lipinski definition) is 2. The molecule has 1 amide bonds. The molecule has 0 radical (unpaired) electrons. The zero-order valence-electron chi connectivity index (χ0n) is 10.4. The largest absolute Gasteiger partial charge is 0.334 e. The van der Waals surface area contributed by atoms with Crippen LogP contribution in [0.4, 0.5) is 0 Å². The summed E-state index contributed by atoms with van der Waals surface area (Å²) in [5.74, 6) is 0.245. The van der Waals surface area contributed by atoms with Gasteiger partial charge in [-0.15, -0.1) is 0 Å². The van der Waals surface area contributed by atoms with Gasteiger partial charge in [-0.25, -0.2) is 0 Å². The predicted octanol–water partition coefficient (Wildman–Crippen LogP) is 3.99. The smallest absolute Gasteiger partial charge is 0.223 e. The Morgan fingerprint density at radius 3 is 2.95 bits per heavy atom. The third-order valence-corrected chi connectivity index (χ3v) is 4.96. The molecular weight excluding hydrogens is 322 g/mol. The van der Waals surface area contributed by atoms with Gasteiger partial charge in [0.15, 0.2) is 0 Å². The second-order valence-corrected chi connectivity index (χ2v) is 6.39. The van der Waals surface area contributed by atoms with Crippen molar-refractivity contribution in [1.82, 2.24) is 4.90 Å². The standard InChI is InChI=1S/C15H14BrNOS/c16-14-3-1-2-12-8-17(9-13(12)14)15(18)5-4-11-6-7-19-10-11/h1-3,6-7,10H,4-5,8-9H2. The number of halogens is 1. The lowest BCUT2D eigenvalue weighted by molar-refractivity contribution is -0.131. The van der Waals surface area contributed by atoms with Crippen LogP contribution in [0.1, 0.15) is 23.1 Å². The molecule has 1 aromatic carbocycles. The van der Waals surface area contributed by atoms with Crippen molar-refractivity contribution in [3.63, 3.8) is 0 Å². The molecule has 2 nitrogen and oxygen atoms in total. The lowest BCUT2D eigenvalue weighted by Crippen LogP contribution is -2.25. The predicted molar refractivity (Wildman–Crippen MR) is 81.0 cm³/mol. The van der Waals surface area contributed by atoms with Crippen LogP contribution in [0.15, 0.2) is 39.5 Å². The summed E-state index contributed by atoms with van der Waals surface area (Å²) in [6, 6.07) is 8.26. The third-order valence-electron chi connectivity index (χ3n) is 3.49. The Kier molecular flexibility index (Phi) is 3.71. The molecule has 1 aliphatic heterocycles. The highest BCUT2D eigenvalue weighted by molar-refractivity contribution is 9.10. The molecule has 2 heterocycles. The van der Waals surface area contributed by atoms with Gasteiger partial charge >= 0.3 is 0 Å². The maximum Gasteiger partial charge on any atom is 0.223 e. The van der Waals surface area contributed by atoms with Crippen molar-refractivity contribution in [2.75, 3.05) is 0 Å². The monoisotopic (exact) mass is 335 g/mol. The Hall–Kier alpha value is -1.13. The minimum absolute atomic E-state index is 0.245. The fourth-order valence-corrected chi connectivity index (χ4v) is 3.64. The number of rotatable bonds is 3. The summed E-state index contributed by atoms with van der Waals surface area (Å²) in [5, 5.41) is 4.17. The van der Waals surface area contributed by atoms with Crippen molar-refractivity contribution in [3.8, 4) is 0 Å². The molecule has 0 atom stereocenters. The van der Waals surface area contributed by atoms with E-state index in [9.17, 15) is 4.79 Å². The number of carbonyl (C=O) groups is 1. The highest BCUT2D eigenvalue weighted by Gasteiger charge is 2.24. The first kappa shape index (κ1) is 12.9. The van der Waals surface area contributed by atoms with Gasteiger partial charge in [0.2, 0.25) is 5.91 Å². The van der Waals surface area contributed by atoms with Crippen molar-refractivity contribution in [1.29, 1.82) is 0 Å². The first-order valence-electron chi connectivity index (χ1n) is 6.29. The maximum atomic E-state index is 12.2. The van der Waals surface area contributed by atoms with Crippen LogP contribution in [0.5, 0.6) is 0 Å². The van der Waals surface area contributed by atoms with Crippen LogP contribution in [0, 0.1) is 0 Å². The van der Waals surface area contributed by atoms with E-state index < -0.39 is 0 Å². The van der Waals surface area contributed by atoms with Gasteiger partial charge in [-0.1, -0.05) is 28.1 Å². The molecule has 0 fully saturated rings. The van der Waals surface area contributed by atoms with E-state index in [2.05, 4.69) is 38.8 Å². The average molecular weight is 336 g/mol. The normalized spacial score (nSPS) is 13.6. The minimum Gasteiger partial charge on any atom is -0.334 e. The number of aryl methyl sites for hydroxylation is 1. The summed E-state index contributed by atoms with van der Waals surface area (Å²) >= 11 is 5.24. The first-order chi connectivity index (χ1) is 9.24. The van der Waals surface area contributed by atoms with Gasteiger partial charge in [0.05, 0.1) is 0 Å². The lowest BCUT2D eigenvalue weighted by atomic mass is 10.1. The van der Waals surface area contributed by atoms with E-state index in [-0.39, 0.29) is 5.91 Å². The molecule has 0 N–H and O–H groups in total. The minimum atomic E-state index is 0.245. The molecule has 0 aliphatic carbocycles. The lowest BCUT2D eigenvalue weighted by Gasteiger charge is -2.15. The van der Waals surface area contributed by atoms with E-state index in [1.807, 2.05) is 17.0 Å². The number of amides is 1. The van der Waals surface area contributed by atoms with E-state index in [1.54, 1.807) is 11.3 Å². The Bertz CT molecular complexity index is 594. The molecule has 4 heteroatoms. The number of nitrogens with zero attached hydrogens (tertiary/aromatic N) is 1. The molecule has 2 aromatic rings. The van der Waals surface area contributed by atoms with Crippen molar-refractivity contribution < 1.29 is 4.79 Å². The second kappa shape index (κ2) is 5.47. The SMILES string of the molecule is O=C(CCc1ccsc1)N1Cc2cccc(Br)c2C1. The molecule has 0 bridgehead atoms. The Morgan fingerprint density at radius 1 is 1.32 bits per heavy atom. The summed E-state index contributed by atoms with van der Waals surface area (Å²) in [5.41, 5.74) is 3.78. The summed E-state index contributed by atoms with van der Waals surface area (Å²) in [6.07, 6.45) is 1.44. The van der Waals surface area contributed by atoms with Crippen molar-refractivity contribution in [3.05, 3.63) is 56.2 Å². The Morgan fingerprint density at radius 2 is 2.21 bits per heavy atom. The van der Waals surface area contributed by atoms with E-state index in [0.717, 1.165) is 24.0 Å². The maximum absolute atomic E-state index is 12.2. The zero-order valence-corrected chi connectivity index (χ0v) is 12.8. The van der Waals surface area contributed by atoms with Crippen LogP contribution in [-0.2, 0) is 24.3 Å². The zero-order chi connectivity index (χ0) is 13.2. The molecular formula is C15H14BrNOS. The molecule has 0 saturated heterocycles. The van der Waals surface area contributed by atoms with E-state index in [1.165, 1.54) is 16.7 Å². The molecule has 19 heavy (non-hydrogen) atoms. The number of hydrogen-bond donors (Lipinski definition) is 0. The van der Waals surface area contributed by atoms with E-state index in [0.29, 0.717) is 6.42 Å². The fraction of sp³-hybridized carbons (Fsp3) is 0.267. The van der Waals surface area contributed by atoms with Gasteiger partial charge in [0.25, 0.3) is 0 Å². The van der Waals surface area contributed by atoms with Gasteiger partial charge < -0.3 is 4.90 Å². The second-order valence-electron chi connectivity index (χ2n) is 4.76. The molecule has 1 aliphatic rings. The highest BCUT2D eigenvalue weighted by Crippen LogP contribution is 2.29. The number of benzene rings is 1. The molecule has 1 aromatic heterocycles. The topological polar surface area (TPSA) is 20.3 Å². The van der Waals surface area contributed by atoms with Gasteiger partial charge in [-0.2, -0.15) is 11.3 Å². The van der Waals surface area contributed by atoms with Crippen LogP contribution in [-0.4, -0.2) is 10.8 Å². The van der Waals surface area contributed by atoms with Crippen molar-refractivity contribution >= 4 is 33.2 Å². The van der Waals surface area contributed by atoms with Crippen molar-refractivity contribution in [2.45, 2.75) is 25.9 Å². The summed E-state index contributed by atoms with van der Waals surface area (Å²) < 4.78 is 1.11. The summed E-state index contributed by atoms with van der Waals surface area (Å²) in [7, 11) is 0. The summed E-state index contributed by atoms with van der Waals surface area (Å²) in [6.45, 7) is 1.48. The van der Waals surface area contributed by atoms with Crippen LogP contribution >= 0.6 is 27.3 Å². The van der Waals surface area contributed by atoms with Crippen molar-refractivity contribution in [2.24, 2.45) is 0 Å². The van der Waals surface area contributed by atoms with Crippen LogP contribution < -0.4 is 0 Å². The molecule has 98 valence electrons. The highest BCUT2D eigenvalue weighted by atomic mass is 79.9. The Balaban J connectivity index is 1.63. The molecule has 0 unspecified atom stereocenters. The number of fused-ring (bicyclic) bond motifs is 1. The van der Waals surface area contributed by atoms with Gasteiger partial charge in [-0.3, -0.25) is 4.79 Å². The number of carbonyl (C=O) groups excluding carboxylic acids is 1. The van der Waals surface area contributed by atoms with Gasteiger partial charge in [0.1, 0.15) is 0 Å². The average Bonchev–Trinajstić information content (AvgIpc) is 3.05. The third kappa shape index (κ3) is 2.74. The van der Waals surface area contributed by atoms with Gasteiger partial charge in [-0.05, 0) is 46.0 Å². The quantitative estimate of drug-likeness (QED) is 0.830. The van der Waals surface area contributed by atoms with Crippen LogP contribution in [0.3, 0.4) is 0 Å². The molecule has 0 saturated carbocycles. The van der Waals surface area contributed by atoms with E-state index >= 15 is 0 Å². The first-order valence-corrected chi connectivity index (χ1v) is 8.03. The fourth-order valence-electron chi connectivity index (χ4n) is 2.40. The number of thiophene rings is 1. The van der Waals surface area contributed by atoms with Gasteiger partial charge in [0, 0.05) is 24.0 Å². The summed E-state index contributed by atoms with van der Waals surface area (Å²) in [4.78, 5) is 14.2. The van der Waals surface area contributed by atoms with E-state index in [4.69, 9.17) is 0 Å². The molecule has 0 spiro atoms. The van der Waals surface area contributed by atoms with Crippen LogP contribution in [0.2, 0.25) is 0 Å². The molecule has 3 rings (SSSR count). The van der Waals surface area contributed by atoms with Crippen LogP contribution in [0.25, 0.3) is 0 Å².